The van der Waals surface area contributed by atoms with Gasteiger partial charge < -0.3 is 9.47 Å². The predicted molar refractivity (Wildman–Crippen MR) is 47.1 cm³/mol. The van der Waals surface area contributed by atoms with E-state index in [1.165, 1.54) is 19.3 Å². The minimum Gasteiger partial charge on any atom is -0.430 e. The number of hydrogen-bond acceptors (Lipinski definition) is 3. The van der Waals surface area contributed by atoms with Gasteiger partial charge in [-0.05, 0) is 18.9 Å². The Morgan fingerprint density at radius 2 is 2.00 bits per heavy atom. The third-order valence-corrected chi connectivity index (χ3v) is 2.69. The molecule has 0 aromatic rings. The Balaban J connectivity index is 1.98. The second kappa shape index (κ2) is 3.81. The van der Waals surface area contributed by atoms with Gasteiger partial charge in [0.05, 0.1) is 0 Å². The summed E-state index contributed by atoms with van der Waals surface area (Å²) in [6.07, 6.45) is 7.47. The zero-order valence-electron chi connectivity index (χ0n) is 7.62. The monoisotopic (exact) mass is 182 g/mol. The van der Waals surface area contributed by atoms with Crippen molar-refractivity contribution in [2.24, 2.45) is 5.92 Å². The quantitative estimate of drug-likeness (QED) is 0.585. The van der Waals surface area contributed by atoms with Gasteiger partial charge in [0.25, 0.3) is 0 Å². The Labute approximate surface area is 77.7 Å². The molecular formula is C10H14O3. The van der Waals surface area contributed by atoms with Crippen molar-refractivity contribution in [2.75, 3.05) is 6.61 Å². The van der Waals surface area contributed by atoms with Crippen LogP contribution in [0, 0.1) is 5.92 Å². The molecule has 0 N–H and O–H groups in total. The second-order valence-electron chi connectivity index (χ2n) is 3.60. The van der Waals surface area contributed by atoms with Crippen LogP contribution in [0.5, 0.6) is 0 Å². The summed E-state index contributed by atoms with van der Waals surface area (Å²) in [5.41, 5.74) is 0. The van der Waals surface area contributed by atoms with Crippen LogP contribution < -0.4 is 0 Å². The van der Waals surface area contributed by atoms with Gasteiger partial charge >= 0.3 is 6.16 Å². The number of hydrogen-bond donors (Lipinski definition) is 0. The normalized spacial score (nSPS) is 24.6. The van der Waals surface area contributed by atoms with Crippen molar-refractivity contribution in [3.8, 4) is 0 Å². The van der Waals surface area contributed by atoms with Crippen LogP contribution in [0.3, 0.4) is 0 Å². The summed E-state index contributed by atoms with van der Waals surface area (Å²) < 4.78 is 9.69. The molecule has 72 valence electrons. The van der Waals surface area contributed by atoms with E-state index in [1.807, 2.05) is 6.08 Å². The SMILES string of the molecule is O=C1OCC=C(C2CCCCC2)O1. The molecule has 0 bridgehead atoms. The van der Waals surface area contributed by atoms with Crippen molar-refractivity contribution >= 4 is 6.16 Å². The summed E-state index contributed by atoms with van der Waals surface area (Å²) in [6.45, 7) is 0.380. The topological polar surface area (TPSA) is 35.5 Å². The van der Waals surface area contributed by atoms with Crippen LogP contribution in [0.4, 0.5) is 4.79 Å². The highest BCUT2D eigenvalue weighted by molar-refractivity contribution is 5.62. The standard InChI is InChI=1S/C10H14O3/c11-10-12-7-6-9(13-10)8-4-2-1-3-5-8/h6,8H,1-5,7H2. The summed E-state index contributed by atoms with van der Waals surface area (Å²) in [7, 11) is 0. The Morgan fingerprint density at radius 1 is 1.23 bits per heavy atom. The zero-order chi connectivity index (χ0) is 9.10. The number of carbonyl (C=O) groups is 1. The van der Waals surface area contributed by atoms with E-state index in [0.29, 0.717) is 12.5 Å². The molecule has 0 amide bonds. The van der Waals surface area contributed by atoms with Crippen molar-refractivity contribution in [3.05, 3.63) is 11.8 Å². The summed E-state index contributed by atoms with van der Waals surface area (Å²) in [4.78, 5) is 10.8. The molecule has 1 aliphatic carbocycles. The number of ether oxygens (including phenoxy) is 2. The summed E-state index contributed by atoms with van der Waals surface area (Å²) in [5.74, 6) is 1.30. The van der Waals surface area contributed by atoms with Crippen LogP contribution in [0.1, 0.15) is 32.1 Å². The lowest BCUT2D eigenvalue weighted by Crippen LogP contribution is -2.20. The van der Waals surface area contributed by atoms with E-state index in [-0.39, 0.29) is 0 Å². The summed E-state index contributed by atoms with van der Waals surface area (Å²) in [5, 5.41) is 0. The maximum atomic E-state index is 10.8. The van der Waals surface area contributed by atoms with E-state index in [0.717, 1.165) is 18.6 Å². The van der Waals surface area contributed by atoms with Gasteiger partial charge in [0.15, 0.2) is 0 Å². The molecule has 3 nitrogen and oxygen atoms in total. The average Bonchev–Trinajstić information content (AvgIpc) is 2.19. The lowest BCUT2D eigenvalue weighted by Gasteiger charge is -2.25. The van der Waals surface area contributed by atoms with Gasteiger partial charge in [-0.25, -0.2) is 4.79 Å². The van der Waals surface area contributed by atoms with Crippen LogP contribution in [0.2, 0.25) is 0 Å². The molecule has 0 saturated heterocycles. The third-order valence-electron chi connectivity index (χ3n) is 2.69. The molecule has 1 fully saturated rings. The van der Waals surface area contributed by atoms with Gasteiger partial charge in [0.1, 0.15) is 12.4 Å². The van der Waals surface area contributed by atoms with Gasteiger partial charge in [0, 0.05) is 5.92 Å². The van der Waals surface area contributed by atoms with Crippen LogP contribution in [-0.4, -0.2) is 12.8 Å². The molecule has 0 unspecified atom stereocenters. The van der Waals surface area contributed by atoms with Gasteiger partial charge in [-0.1, -0.05) is 19.3 Å². The average molecular weight is 182 g/mol. The summed E-state index contributed by atoms with van der Waals surface area (Å²) >= 11 is 0. The highest BCUT2D eigenvalue weighted by Gasteiger charge is 2.23. The van der Waals surface area contributed by atoms with Gasteiger partial charge in [0.2, 0.25) is 0 Å². The van der Waals surface area contributed by atoms with E-state index in [9.17, 15) is 4.79 Å². The largest absolute Gasteiger partial charge is 0.513 e. The highest BCUT2D eigenvalue weighted by Crippen LogP contribution is 2.31. The molecule has 1 aliphatic heterocycles. The molecular weight excluding hydrogens is 168 g/mol. The van der Waals surface area contributed by atoms with E-state index in [4.69, 9.17) is 4.74 Å². The molecule has 13 heavy (non-hydrogen) atoms. The molecule has 3 heteroatoms. The molecule has 0 radical (unpaired) electrons. The Morgan fingerprint density at radius 3 is 2.69 bits per heavy atom. The molecule has 0 aromatic carbocycles. The van der Waals surface area contributed by atoms with Crippen molar-refractivity contribution in [2.45, 2.75) is 32.1 Å². The minimum absolute atomic E-state index is 0.380. The van der Waals surface area contributed by atoms with Crippen LogP contribution in [-0.2, 0) is 9.47 Å². The fraction of sp³-hybridized carbons (Fsp3) is 0.700. The Kier molecular flexibility index (Phi) is 2.52. The van der Waals surface area contributed by atoms with E-state index in [2.05, 4.69) is 4.74 Å². The fourth-order valence-electron chi connectivity index (χ4n) is 2.00. The number of cyclic esters (lactones) is 2. The molecule has 2 aliphatic rings. The third kappa shape index (κ3) is 2.02. The van der Waals surface area contributed by atoms with Crippen molar-refractivity contribution in [1.29, 1.82) is 0 Å². The molecule has 1 saturated carbocycles. The Bertz CT molecular complexity index is 226. The lowest BCUT2D eigenvalue weighted by atomic mass is 9.87. The van der Waals surface area contributed by atoms with Gasteiger partial charge in [-0.3, -0.25) is 0 Å². The zero-order valence-corrected chi connectivity index (χ0v) is 7.62. The first-order chi connectivity index (χ1) is 6.36. The maximum Gasteiger partial charge on any atom is 0.513 e. The smallest absolute Gasteiger partial charge is 0.430 e. The summed E-state index contributed by atoms with van der Waals surface area (Å²) in [6, 6.07) is 0. The lowest BCUT2D eigenvalue weighted by molar-refractivity contribution is 0.0608. The molecule has 0 aromatic heterocycles. The Hall–Kier alpha value is -0.990. The molecule has 2 rings (SSSR count). The first kappa shape index (κ1) is 8.60. The number of rotatable bonds is 1. The van der Waals surface area contributed by atoms with Crippen molar-refractivity contribution < 1.29 is 14.3 Å². The second-order valence-corrected chi connectivity index (χ2v) is 3.60. The highest BCUT2D eigenvalue weighted by atomic mass is 16.7. The number of allylic oxidation sites excluding steroid dienone is 1. The van der Waals surface area contributed by atoms with E-state index < -0.39 is 6.16 Å². The maximum absolute atomic E-state index is 10.8. The van der Waals surface area contributed by atoms with Gasteiger partial charge in [-0.15, -0.1) is 0 Å². The van der Waals surface area contributed by atoms with E-state index in [1.54, 1.807) is 0 Å². The first-order valence-electron chi connectivity index (χ1n) is 4.91. The predicted octanol–water partition coefficient (Wildman–Crippen LogP) is 2.62. The van der Waals surface area contributed by atoms with Gasteiger partial charge in [-0.2, -0.15) is 0 Å². The van der Waals surface area contributed by atoms with Crippen molar-refractivity contribution in [1.82, 2.24) is 0 Å². The van der Waals surface area contributed by atoms with Crippen molar-refractivity contribution in [3.63, 3.8) is 0 Å². The molecule has 1 heterocycles. The number of carbonyl (C=O) groups excluding carboxylic acids is 1. The fourth-order valence-corrected chi connectivity index (χ4v) is 2.00. The minimum atomic E-state index is -0.539. The van der Waals surface area contributed by atoms with Crippen LogP contribution in [0.15, 0.2) is 11.8 Å². The molecule has 0 atom stereocenters. The first-order valence-corrected chi connectivity index (χ1v) is 4.91. The van der Waals surface area contributed by atoms with E-state index >= 15 is 0 Å². The van der Waals surface area contributed by atoms with Crippen LogP contribution >= 0.6 is 0 Å². The van der Waals surface area contributed by atoms with Crippen LogP contribution in [0.25, 0.3) is 0 Å². The molecule has 0 spiro atoms.